The Kier molecular flexibility index (Phi) is 3.33. The van der Waals surface area contributed by atoms with E-state index in [9.17, 15) is 9.90 Å². The van der Waals surface area contributed by atoms with Gasteiger partial charge in [0.2, 0.25) is 0 Å². The number of carboxylic acids is 1. The molecule has 1 aliphatic rings. The van der Waals surface area contributed by atoms with E-state index < -0.39 is 18.0 Å². The molecule has 0 radical (unpaired) electrons. The Morgan fingerprint density at radius 3 is 3.00 bits per heavy atom. The summed E-state index contributed by atoms with van der Waals surface area (Å²) in [7, 11) is 0. The van der Waals surface area contributed by atoms with Crippen molar-refractivity contribution in [3.8, 4) is 5.75 Å². The zero-order valence-corrected chi connectivity index (χ0v) is 9.72. The topological polar surface area (TPSA) is 66.8 Å². The first kappa shape index (κ1) is 11.9. The van der Waals surface area contributed by atoms with Crippen LogP contribution in [0.3, 0.4) is 0 Å². The van der Waals surface area contributed by atoms with Crippen LogP contribution in [0.2, 0.25) is 0 Å². The molecule has 2 unspecified atom stereocenters. The zero-order valence-electron chi connectivity index (χ0n) is 9.72. The van der Waals surface area contributed by atoms with Gasteiger partial charge in [0.05, 0.1) is 18.6 Å². The molecular formula is C13H16O4. The van der Waals surface area contributed by atoms with Crippen molar-refractivity contribution in [3.05, 3.63) is 29.3 Å². The number of ether oxygens (including phenoxy) is 1. The highest BCUT2D eigenvalue weighted by molar-refractivity contribution is 5.69. The van der Waals surface area contributed by atoms with Crippen LogP contribution in [0.4, 0.5) is 0 Å². The van der Waals surface area contributed by atoms with Crippen molar-refractivity contribution in [3.63, 3.8) is 0 Å². The smallest absolute Gasteiger partial charge is 0.306 e. The van der Waals surface area contributed by atoms with E-state index in [0.717, 1.165) is 23.3 Å². The standard InChI is InChI=1S/C13H16O4/c1-8(13(15)16)6-11(14)9-2-3-12-10(7-9)4-5-17-12/h2-3,7-8,11,14H,4-6H2,1H3,(H,15,16). The van der Waals surface area contributed by atoms with Gasteiger partial charge >= 0.3 is 5.97 Å². The molecular weight excluding hydrogens is 220 g/mol. The molecule has 17 heavy (non-hydrogen) atoms. The summed E-state index contributed by atoms with van der Waals surface area (Å²) in [4.78, 5) is 10.7. The van der Waals surface area contributed by atoms with Gasteiger partial charge in [-0.2, -0.15) is 0 Å². The van der Waals surface area contributed by atoms with E-state index in [0.29, 0.717) is 6.61 Å². The second kappa shape index (κ2) is 4.75. The highest BCUT2D eigenvalue weighted by atomic mass is 16.5. The van der Waals surface area contributed by atoms with Crippen molar-refractivity contribution < 1.29 is 19.7 Å². The zero-order chi connectivity index (χ0) is 12.4. The molecule has 0 saturated carbocycles. The van der Waals surface area contributed by atoms with Gasteiger partial charge in [-0.15, -0.1) is 0 Å². The second-order valence-electron chi connectivity index (χ2n) is 4.46. The first-order valence-corrected chi connectivity index (χ1v) is 5.74. The number of aliphatic hydroxyl groups excluding tert-OH is 1. The number of hydrogen-bond donors (Lipinski definition) is 2. The molecule has 0 saturated heterocycles. The molecule has 0 amide bonds. The normalized spacial score (nSPS) is 17.1. The summed E-state index contributed by atoms with van der Waals surface area (Å²) in [5, 5.41) is 18.8. The molecule has 92 valence electrons. The van der Waals surface area contributed by atoms with Gasteiger partial charge in [0.25, 0.3) is 0 Å². The Morgan fingerprint density at radius 2 is 2.29 bits per heavy atom. The van der Waals surface area contributed by atoms with Crippen LogP contribution in [0.15, 0.2) is 18.2 Å². The molecule has 0 bridgehead atoms. The van der Waals surface area contributed by atoms with Crippen LogP contribution in [-0.4, -0.2) is 22.8 Å². The summed E-state index contributed by atoms with van der Waals surface area (Å²) < 4.78 is 5.38. The number of rotatable bonds is 4. The number of fused-ring (bicyclic) bond motifs is 1. The largest absolute Gasteiger partial charge is 0.493 e. The number of aliphatic carboxylic acids is 1. The fourth-order valence-corrected chi connectivity index (χ4v) is 1.99. The molecule has 2 rings (SSSR count). The summed E-state index contributed by atoms with van der Waals surface area (Å²) in [6.45, 7) is 2.28. The van der Waals surface area contributed by atoms with Crippen molar-refractivity contribution in [2.24, 2.45) is 5.92 Å². The Morgan fingerprint density at radius 1 is 1.53 bits per heavy atom. The molecule has 1 heterocycles. The average molecular weight is 236 g/mol. The Labute approximate surface area is 99.8 Å². The minimum absolute atomic E-state index is 0.231. The Hall–Kier alpha value is -1.55. The van der Waals surface area contributed by atoms with E-state index in [1.54, 1.807) is 13.0 Å². The highest BCUT2D eigenvalue weighted by Crippen LogP contribution is 2.30. The van der Waals surface area contributed by atoms with Crippen molar-refractivity contribution in [2.45, 2.75) is 25.9 Å². The summed E-state index contributed by atoms with van der Waals surface area (Å²) in [6, 6.07) is 5.54. The van der Waals surface area contributed by atoms with E-state index >= 15 is 0 Å². The summed E-state index contributed by atoms with van der Waals surface area (Å²) in [6.07, 6.45) is 0.353. The highest BCUT2D eigenvalue weighted by Gasteiger charge is 2.20. The van der Waals surface area contributed by atoms with Gasteiger partial charge in [-0.05, 0) is 29.7 Å². The molecule has 0 aliphatic carbocycles. The Bertz CT molecular complexity index is 427. The van der Waals surface area contributed by atoms with Gasteiger partial charge in [-0.1, -0.05) is 13.0 Å². The molecule has 1 aromatic carbocycles. The molecule has 0 fully saturated rings. The third-order valence-electron chi connectivity index (χ3n) is 3.10. The number of aliphatic hydroxyl groups is 1. The molecule has 0 spiro atoms. The maximum Gasteiger partial charge on any atom is 0.306 e. The van der Waals surface area contributed by atoms with Crippen molar-refractivity contribution in [1.82, 2.24) is 0 Å². The van der Waals surface area contributed by atoms with E-state index in [1.807, 2.05) is 12.1 Å². The SMILES string of the molecule is CC(CC(O)c1ccc2c(c1)CCO2)C(=O)O. The van der Waals surface area contributed by atoms with Crippen LogP contribution in [0, 0.1) is 5.92 Å². The predicted molar refractivity (Wildman–Crippen MR) is 62.0 cm³/mol. The predicted octanol–water partition coefficient (Wildman–Crippen LogP) is 1.77. The Balaban J connectivity index is 2.09. The van der Waals surface area contributed by atoms with Gasteiger partial charge in [-0.25, -0.2) is 0 Å². The van der Waals surface area contributed by atoms with Crippen LogP contribution in [0.25, 0.3) is 0 Å². The van der Waals surface area contributed by atoms with Gasteiger partial charge < -0.3 is 14.9 Å². The maximum atomic E-state index is 10.7. The first-order chi connectivity index (χ1) is 8.08. The first-order valence-electron chi connectivity index (χ1n) is 5.74. The van der Waals surface area contributed by atoms with Crippen molar-refractivity contribution in [1.29, 1.82) is 0 Å². The molecule has 1 aliphatic heterocycles. The van der Waals surface area contributed by atoms with Crippen molar-refractivity contribution in [2.75, 3.05) is 6.61 Å². The summed E-state index contributed by atoms with van der Waals surface area (Å²) >= 11 is 0. The molecule has 2 atom stereocenters. The number of carboxylic acid groups (broad SMARTS) is 1. The molecule has 2 N–H and O–H groups in total. The minimum Gasteiger partial charge on any atom is -0.493 e. The van der Waals surface area contributed by atoms with Crippen LogP contribution in [0.5, 0.6) is 5.75 Å². The lowest BCUT2D eigenvalue weighted by Gasteiger charge is -2.14. The molecule has 4 nitrogen and oxygen atoms in total. The van der Waals surface area contributed by atoms with Gasteiger partial charge in [0.1, 0.15) is 5.75 Å². The van der Waals surface area contributed by atoms with Gasteiger partial charge in [0, 0.05) is 6.42 Å². The lowest BCUT2D eigenvalue weighted by molar-refractivity contribution is -0.142. The third kappa shape index (κ3) is 2.58. The molecule has 1 aromatic rings. The third-order valence-corrected chi connectivity index (χ3v) is 3.10. The lowest BCUT2D eigenvalue weighted by atomic mass is 9.96. The lowest BCUT2D eigenvalue weighted by Crippen LogP contribution is -2.13. The fourth-order valence-electron chi connectivity index (χ4n) is 1.99. The van der Waals surface area contributed by atoms with Crippen LogP contribution < -0.4 is 4.74 Å². The summed E-state index contributed by atoms with van der Waals surface area (Å²) in [5.41, 5.74) is 1.85. The number of hydrogen-bond acceptors (Lipinski definition) is 3. The minimum atomic E-state index is -0.881. The second-order valence-corrected chi connectivity index (χ2v) is 4.46. The van der Waals surface area contributed by atoms with Crippen LogP contribution in [0.1, 0.15) is 30.6 Å². The number of carbonyl (C=O) groups is 1. The van der Waals surface area contributed by atoms with Crippen LogP contribution in [-0.2, 0) is 11.2 Å². The van der Waals surface area contributed by atoms with Gasteiger partial charge in [-0.3, -0.25) is 4.79 Å². The van der Waals surface area contributed by atoms with Crippen molar-refractivity contribution >= 4 is 5.97 Å². The van der Waals surface area contributed by atoms with Gasteiger partial charge in [0.15, 0.2) is 0 Å². The quantitative estimate of drug-likeness (QED) is 0.836. The summed E-state index contributed by atoms with van der Waals surface area (Å²) in [5.74, 6) is -0.560. The van der Waals surface area contributed by atoms with E-state index in [-0.39, 0.29) is 6.42 Å². The van der Waals surface area contributed by atoms with E-state index in [1.165, 1.54) is 0 Å². The number of benzene rings is 1. The fraction of sp³-hybridized carbons (Fsp3) is 0.462. The van der Waals surface area contributed by atoms with E-state index in [2.05, 4.69) is 0 Å². The van der Waals surface area contributed by atoms with Crippen LogP contribution >= 0.6 is 0 Å². The average Bonchev–Trinajstić information content (AvgIpc) is 2.75. The van der Waals surface area contributed by atoms with E-state index in [4.69, 9.17) is 9.84 Å². The maximum absolute atomic E-state index is 10.7. The monoisotopic (exact) mass is 236 g/mol. The molecule has 4 heteroatoms. The molecule has 0 aromatic heterocycles.